The van der Waals surface area contributed by atoms with E-state index >= 15 is 0 Å². The average Bonchev–Trinajstić information content (AvgIpc) is 1.45. The van der Waals surface area contributed by atoms with Gasteiger partial charge in [0.05, 0.1) is 26.4 Å². The van der Waals surface area contributed by atoms with Gasteiger partial charge in [-0.25, -0.2) is 9.13 Å². The second-order valence-corrected chi connectivity index (χ2v) is 30.2. The van der Waals surface area contributed by atoms with Crippen LogP contribution in [0, 0.1) is 5.92 Å². The summed E-state index contributed by atoms with van der Waals surface area (Å²) >= 11 is 0. The summed E-state index contributed by atoms with van der Waals surface area (Å²) in [6, 6.07) is 0. The Labute approximate surface area is 575 Å². The summed E-state index contributed by atoms with van der Waals surface area (Å²) in [6.07, 6.45) is 57.3. The molecule has 0 bridgehead atoms. The van der Waals surface area contributed by atoms with Gasteiger partial charge < -0.3 is 33.8 Å². The van der Waals surface area contributed by atoms with E-state index in [-0.39, 0.29) is 25.7 Å². The van der Waals surface area contributed by atoms with Crippen molar-refractivity contribution in [1.29, 1.82) is 0 Å². The van der Waals surface area contributed by atoms with Crippen LogP contribution < -0.4 is 0 Å². The van der Waals surface area contributed by atoms with Crippen molar-refractivity contribution in [3.05, 3.63) is 0 Å². The van der Waals surface area contributed by atoms with E-state index in [0.29, 0.717) is 25.7 Å². The van der Waals surface area contributed by atoms with Crippen LogP contribution in [0.5, 0.6) is 0 Å². The number of carbonyl (C=O) groups excluding carboxylic acids is 4. The van der Waals surface area contributed by atoms with E-state index in [4.69, 9.17) is 37.0 Å². The van der Waals surface area contributed by atoms with Crippen molar-refractivity contribution in [2.24, 2.45) is 5.92 Å². The molecule has 0 spiro atoms. The Balaban J connectivity index is 5.14. The number of rotatable bonds is 75. The number of aliphatic hydroxyl groups excluding tert-OH is 1. The molecule has 0 heterocycles. The molecule has 0 aromatic rings. The van der Waals surface area contributed by atoms with E-state index in [0.717, 1.165) is 109 Å². The lowest BCUT2D eigenvalue weighted by Crippen LogP contribution is -2.30. The third-order valence-electron chi connectivity index (χ3n) is 17.9. The number of carbonyl (C=O) groups is 4. The molecule has 0 aromatic carbocycles. The minimum absolute atomic E-state index is 0.103. The van der Waals surface area contributed by atoms with Gasteiger partial charge in [0.2, 0.25) is 0 Å². The van der Waals surface area contributed by atoms with Crippen molar-refractivity contribution in [2.75, 3.05) is 39.6 Å². The lowest BCUT2D eigenvalue weighted by molar-refractivity contribution is -0.161. The Morgan fingerprint density at radius 1 is 0.298 bits per heavy atom. The van der Waals surface area contributed by atoms with E-state index in [1.54, 1.807) is 0 Å². The largest absolute Gasteiger partial charge is 0.472 e. The highest BCUT2D eigenvalue weighted by Crippen LogP contribution is 2.45. The van der Waals surface area contributed by atoms with Crippen LogP contribution >= 0.6 is 15.6 Å². The Hall–Kier alpha value is -1.94. The molecule has 0 fully saturated rings. The van der Waals surface area contributed by atoms with E-state index in [1.165, 1.54) is 205 Å². The fourth-order valence-corrected chi connectivity index (χ4v) is 13.1. The summed E-state index contributed by atoms with van der Waals surface area (Å²) in [5.74, 6) is -1.40. The number of ether oxygens (including phenoxy) is 4. The third-order valence-corrected chi connectivity index (χ3v) is 19.8. The second-order valence-electron chi connectivity index (χ2n) is 27.3. The lowest BCUT2D eigenvalue weighted by atomic mass is 10.00. The van der Waals surface area contributed by atoms with Gasteiger partial charge in [0.1, 0.15) is 19.3 Å². The molecule has 0 saturated heterocycles. The normalized spacial score (nSPS) is 14.3. The van der Waals surface area contributed by atoms with Gasteiger partial charge in [0.15, 0.2) is 12.2 Å². The number of unbranched alkanes of at least 4 members (excludes halogenated alkanes) is 46. The molecule has 94 heavy (non-hydrogen) atoms. The number of phosphoric acid groups is 2. The first-order chi connectivity index (χ1) is 45.6. The SMILES string of the molecule is CCCCCCCCCCCCCCCCCCCCCCCCC(=O)O[C@H](COC(=O)CCCCCCCCCCCCCCCCC)COP(=O)(O)OC[C@@H](O)COP(=O)(O)OC[C@@H](COC(=O)CCCCCCCCC)OC(=O)CCCCCCCCC(C)CC. The maximum atomic E-state index is 13.1. The van der Waals surface area contributed by atoms with E-state index in [2.05, 4.69) is 34.6 Å². The molecule has 19 heteroatoms. The highest BCUT2D eigenvalue weighted by Gasteiger charge is 2.30. The van der Waals surface area contributed by atoms with Gasteiger partial charge in [-0.3, -0.25) is 37.3 Å². The quantitative estimate of drug-likeness (QED) is 0.0222. The number of phosphoric ester groups is 2. The summed E-state index contributed by atoms with van der Waals surface area (Å²) in [7, 11) is -9.90. The van der Waals surface area contributed by atoms with Gasteiger partial charge in [-0.2, -0.15) is 0 Å². The van der Waals surface area contributed by atoms with Crippen molar-refractivity contribution >= 4 is 39.5 Å². The molecule has 0 aromatic heterocycles. The van der Waals surface area contributed by atoms with Crippen molar-refractivity contribution < 1.29 is 80.2 Å². The van der Waals surface area contributed by atoms with Crippen LogP contribution in [-0.2, 0) is 65.4 Å². The van der Waals surface area contributed by atoms with Crippen LogP contribution in [0.15, 0.2) is 0 Å². The standard InChI is InChI=1S/C75H146O17P2/c1-6-10-13-16-19-21-23-25-27-28-29-30-31-32-33-35-37-39-41-44-50-55-60-74(79)91-70(65-86-73(78)59-54-49-43-40-38-36-34-26-24-22-20-17-14-11-7-2)66-89-93(81,82)87-62-69(76)63-88-94(83,84)90-67-71(64-85-72(77)58-53-48-42-18-15-12-8-3)92-75(80)61-56-51-46-45-47-52-57-68(5)9-4/h68-71,76H,6-67H2,1-5H3,(H,81,82)(H,83,84)/t68?,69-,70-,71-/m1/s1. The first kappa shape index (κ1) is 92.1. The highest BCUT2D eigenvalue weighted by molar-refractivity contribution is 7.47. The predicted molar refractivity (Wildman–Crippen MR) is 382 cm³/mol. The molecular weight excluding hydrogens is 1230 g/mol. The molecule has 0 rings (SSSR count). The Morgan fingerprint density at radius 2 is 0.511 bits per heavy atom. The van der Waals surface area contributed by atoms with Gasteiger partial charge in [0.25, 0.3) is 0 Å². The molecule has 0 radical (unpaired) electrons. The van der Waals surface area contributed by atoms with Crippen LogP contribution in [0.2, 0.25) is 0 Å². The van der Waals surface area contributed by atoms with Crippen LogP contribution in [0.3, 0.4) is 0 Å². The molecule has 3 N–H and O–H groups in total. The van der Waals surface area contributed by atoms with Crippen LogP contribution in [0.4, 0.5) is 0 Å². The Kier molecular flexibility index (Phi) is 66.8. The summed E-state index contributed by atoms with van der Waals surface area (Å²) in [4.78, 5) is 72.5. The molecule has 0 amide bonds. The highest BCUT2D eigenvalue weighted by atomic mass is 31.2. The maximum Gasteiger partial charge on any atom is 0.472 e. The van der Waals surface area contributed by atoms with Gasteiger partial charge in [-0.1, -0.05) is 343 Å². The summed E-state index contributed by atoms with van der Waals surface area (Å²) < 4.78 is 68.3. The van der Waals surface area contributed by atoms with Gasteiger partial charge in [-0.15, -0.1) is 0 Å². The fourth-order valence-electron chi connectivity index (χ4n) is 11.5. The minimum atomic E-state index is -4.95. The van der Waals surface area contributed by atoms with Crippen LogP contribution in [-0.4, -0.2) is 96.7 Å². The van der Waals surface area contributed by atoms with Crippen molar-refractivity contribution in [3.63, 3.8) is 0 Å². The monoisotopic (exact) mass is 1380 g/mol. The topological polar surface area (TPSA) is 237 Å². The minimum Gasteiger partial charge on any atom is -0.462 e. The summed E-state index contributed by atoms with van der Waals surface area (Å²) in [5, 5.41) is 10.6. The number of hydrogen-bond donors (Lipinski definition) is 3. The molecule has 0 aliphatic carbocycles. The number of hydrogen-bond acceptors (Lipinski definition) is 15. The molecule has 0 saturated carbocycles. The molecule has 3 unspecified atom stereocenters. The molecule has 558 valence electrons. The fraction of sp³-hybridized carbons (Fsp3) is 0.947. The van der Waals surface area contributed by atoms with Crippen molar-refractivity contribution in [1.82, 2.24) is 0 Å². The first-order valence-electron chi connectivity index (χ1n) is 39.2. The smallest absolute Gasteiger partial charge is 0.462 e. The number of esters is 4. The summed E-state index contributed by atoms with van der Waals surface area (Å²) in [6.45, 7) is 7.18. The van der Waals surface area contributed by atoms with Gasteiger partial charge in [-0.05, 0) is 31.6 Å². The average molecular weight is 1380 g/mol. The van der Waals surface area contributed by atoms with Crippen molar-refractivity contribution in [2.45, 2.75) is 412 Å². The molecule has 0 aliphatic rings. The lowest BCUT2D eigenvalue weighted by Gasteiger charge is -2.21. The second kappa shape index (κ2) is 68.2. The Bertz CT molecular complexity index is 1810. The van der Waals surface area contributed by atoms with Crippen molar-refractivity contribution in [3.8, 4) is 0 Å². The molecule has 17 nitrogen and oxygen atoms in total. The first-order valence-corrected chi connectivity index (χ1v) is 42.2. The number of aliphatic hydroxyl groups is 1. The van der Waals surface area contributed by atoms with Crippen LogP contribution in [0.1, 0.15) is 394 Å². The zero-order chi connectivity index (χ0) is 69.1. The van der Waals surface area contributed by atoms with E-state index in [1.807, 2.05) is 0 Å². The van der Waals surface area contributed by atoms with Gasteiger partial charge in [0, 0.05) is 25.7 Å². The zero-order valence-corrected chi connectivity index (χ0v) is 62.9. The zero-order valence-electron chi connectivity index (χ0n) is 61.1. The van der Waals surface area contributed by atoms with Crippen LogP contribution in [0.25, 0.3) is 0 Å². The third kappa shape index (κ3) is 67.3. The van der Waals surface area contributed by atoms with Gasteiger partial charge >= 0.3 is 39.5 Å². The Morgan fingerprint density at radius 3 is 0.755 bits per heavy atom. The predicted octanol–water partition coefficient (Wildman–Crippen LogP) is 22.1. The maximum absolute atomic E-state index is 13.1. The summed E-state index contributed by atoms with van der Waals surface area (Å²) in [5.41, 5.74) is 0. The van der Waals surface area contributed by atoms with E-state index in [9.17, 15) is 43.2 Å². The molecular formula is C75H146O17P2. The van der Waals surface area contributed by atoms with E-state index < -0.39 is 97.5 Å². The molecule has 6 atom stereocenters. The molecule has 0 aliphatic heterocycles.